The molecule has 0 unspecified atom stereocenters. The van der Waals surface area contributed by atoms with Gasteiger partial charge in [0, 0.05) is 6.07 Å². The van der Waals surface area contributed by atoms with Crippen LogP contribution in [0.1, 0.15) is 11.3 Å². The molecule has 0 bridgehead atoms. The lowest BCUT2D eigenvalue weighted by Crippen LogP contribution is -2.25. The van der Waals surface area contributed by atoms with E-state index in [-0.39, 0.29) is 6.07 Å². The fraction of sp³-hybridized carbons (Fsp3) is 0.333. The number of carbonyl (C=O) groups is 1. The lowest BCUT2D eigenvalue weighted by Gasteiger charge is -2.17. The monoisotopic (exact) mass is 305 g/mol. The van der Waals surface area contributed by atoms with E-state index in [4.69, 9.17) is 5.11 Å². The van der Waals surface area contributed by atoms with E-state index in [1.807, 2.05) is 0 Å². The predicted molar refractivity (Wildman–Crippen MR) is 50.1 cm³/mol. The minimum atomic E-state index is -5.48. The van der Waals surface area contributed by atoms with Crippen molar-refractivity contribution in [1.29, 1.82) is 0 Å². The number of carboxylic acid groups (broad SMARTS) is 1. The number of aromatic nitrogens is 1. The second kappa shape index (κ2) is 5.06. The van der Waals surface area contributed by atoms with Crippen LogP contribution in [0, 0.1) is 0 Å². The summed E-state index contributed by atoms with van der Waals surface area (Å²) in [6.07, 6.45) is -12.1. The average molecular weight is 305 g/mol. The Labute approximate surface area is 105 Å². The highest BCUT2D eigenvalue weighted by Crippen LogP contribution is 2.39. The third-order valence-corrected chi connectivity index (χ3v) is 1.92. The molecule has 1 rings (SSSR count). The Morgan fingerprint density at radius 2 is 1.80 bits per heavy atom. The van der Waals surface area contributed by atoms with E-state index in [2.05, 4.69) is 4.74 Å². The lowest BCUT2D eigenvalue weighted by atomic mass is 10.1. The lowest BCUT2D eigenvalue weighted by molar-refractivity contribution is -0.276. The highest BCUT2D eigenvalue weighted by Gasteiger charge is 2.41. The smallest absolute Gasteiger partial charge is 0.481 e. The fourth-order valence-corrected chi connectivity index (χ4v) is 1.32. The van der Waals surface area contributed by atoms with Crippen molar-refractivity contribution in [2.24, 2.45) is 0 Å². The molecule has 0 aliphatic heterocycles. The van der Waals surface area contributed by atoms with Gasteiger partial charge in [0.05, 0.1) is 12.1 Å². The number of alkyl halides is 6. The SMILES string of the molecule is O=C(O)Cc1[nH]c(=O)cc(C(F)(F)F)c1OC(F)(F)F. The summed E-state index contributed by atoms with van der Waals surface area (Å²) in [4.78, 5) is 23.0. The number of aromatic amines is 1. The van der Waals surface area contributed by atoms with Gasteiger partial charge in [0.1, 0.15) is 5.56 Å². The molecule has 2 N–H and O–H groups in total. The van der Waals surface area contributed by atoms with Crippen LogP contribution >= 0.6 is 0 Å². The molecule has 5 nitrogen and oxygen atoms in total. The maximum Gasteiger partial charge on any atom is 0.573 e. The summed E-state index contributed by atoms with van der Waals surface area (Å²) in [5.41, 5.74) is -4.53. The molecular formula is C9H5F6NO4. The summed E-state index contributed by atoms with van der Waals surface area (Å²) in [6.45, 7) is 0. The largest absolute Gasteiger partial charge is 0.573 e. The van der Waals surface area contributed by atoms with Gasteiger partial charge in [-0.15, -0.1) is 13.2 Å². The minimum absolute atomic E-state index is 0.146. The third-order valence-electron chi connectivity index (χ3n) is 1.92. The first-order valence-corrected chi connectivity index (χ1v) is 4.71. The minimum Gasteiger partial charge on any atom is -0.481 e. The molecule has 1 aromatic heterocycles. The first-order valence-electron chi connectivity index (χ1n) is 4.71. The second-order valence-electron chi connectivity index (χ2n) is 3.47. The van der Waals surface area contributed by atoms with Crippen LogP contribution in [0.15, 0.2) is 10.9 Å². The summed E-state index contributed by atoms with van der Waals surface area (Å²) in [5, 5.41) is 8.43. The van der Waals surface area contributed by atoms with Crippen molar-refractivity contribution in [3.05, 3.63) is 27.7 Å². The normalized spacial score (nSPS) is 12.3. The molecule has 11 heteroatoms. The molecule has 0 aromatic carbocycles. The van der Waals surface area contributed by atoms with Gasteiger partial charge in [0.25, 0.3) is 0 Å². The number of halogens is 6. The van der Waals surface area contributed by atoms with Gasteiger partial charge in [-0.3, -0.25) is 9.59 Å². The molecular weight excluding hydrogens is 300 g/mol. The molecule has 0 radical (unpaired) electrons. The number of nitrogens with one attached hydrogen (secondary N) is 1. The van der Waals surface area contributed by atoms with E-state index in [9.17, 15) is 35.9 Å². The number of rotatable bonds is 3. The Morgan fingerprint density at radius 1 is 1.25 bits per heavy atom. The number of pyridine rings is 1. The zero-order valence-electron chi connectivity index (χ0n) is 9.22. The fourth-order valence-electron chi connectivity index (χ4n) is 1.32. The molecule has 0 saturated heterocycles. The number of carboxylic acids is 1. The molecule has 0 amide bonds. The van der Waals surface area contributed by atoms with E-state index in [1.165, 1.54) is 0 Å². The average Bonchev–Trinajstić information content (AvgIpc) is 2.17. The van der Waals surface area contributed by atoms with Crippen LogP contribution in [0.4, 0.5) is 26.3 Å². The molecule has 0 atom stereocenters. The number of H-pyrrole nitrogens is 1. The molecule has 0 saturated carbocycles. The van der Waals surface area contributed by atoms with Gasteiger partial charge in [-0.05, 0) is 0 Å². The van der Waals surface area contributed by atoms with Crippen molar-refractivity contribution in [3.63, 3.8) is 0 Å². The maximum atomic E-state index is 12.6. The van der Waals surface area contributed by atoms with Gasteiger partial charge in [-0.1, -0.05) is 0 Å². The zero-order valence-corrected chi connectivity index (χ0v) is 9.22. The zero-order chi connectivity index (χ0) is 15.7. The second-order valence-corrected chi connectivity index (χ2v) is 3.47. The maximum absolute atomic E-state index is 12.6. The molecule has 0 spiro atoms. The molecule has 112 valence electrons. The Balaban J connectivity index is 3.53. The van der Waals surface area contributed by atoms with Crippen molar-refractivity contribution in [1.82, 2.24) is 4.98 Å². The summed E-state index contributed by atoms with van der Waals surface area (Å²) in [7, 11) is 0. The van der Waals surface area contributed by atoms with Crippen LogP contribution in [-0.4, -0.2) is 22.4 Å². The van der Waals surface area contributed by atoms with Gasteiger partial charge < -0.3 is 14.8 Å². The van der Waals surface area contributed by atoms with E-state index in [0.29, 0.717) is 0 Å². The van der Waals surface area contributed by atoms with Crippen LogP contribution in [-0.2, 0) is 17.4 Å². The summed E-state index contributed by atoms with van der Waals surface area (Å²) in [5.74, 6) is -3.53. The van der Waals surface area contributed by atoms with Crippen LogP contribution in [0.5, 0.6) is 5.75 Å². The number of hydrogen-bond acceptors (Lipinski definition) is 3. The van der Waals surface area contributed by atoms with Crippen LogP contribution in [0.25, 0.3) is 0 Å². The van der Waals surface area contributed by atoms with Gasteiger partial charge in [-0.2, -0.15) is 13.2 Å². The highest BCUT2D eigenvalue weighted by molar-refractivity contribution is 5.70. The van der Waals surface area contributed by atoms with Crippen LogP contribution in [0.3, 0.4) is 0 Å². The van der Waals surface area contributed by atoms with Crippen molar-refractivity contribution in [2.75, 3.05) is 0 Å². The molecule has 0 aliphatic rings. The number of ether oxygens (including phenoxy) is 1. The quantitative estimate of drug-likeness (QED) is 0.836. The Kier molecular flexibility index (Phi) is 4.01. The standard InChI is InChI=1S/C9H5F6NO4/c10-8(11,12)3-1-5(17)16-4(2-6(18)19)7(3)20-9(13,14)15/h1H,2H2,(H,16,17)(H,18,19). The van der Waals surface area contributed by atoms with Gasteiger partial charge in [0.2, 0.25) is 5.56 Å². The molecule has 0 fully saturated rings. The molecule has 0 aliphatic carbocycles. The Hall–Kier alpha value is -2.20. The van der Waals surface area contributed by atoms with Crippen molar-refractivity contribution in [3.8, 4) is 5.75 Å². The van der Waals surface area contributed by atoms with Gasteiger partial charge in [-0.25, -0.2) is 0 Å². The van der Waals surface area contributed by atoms with E-state index >= 15 is 0 Å². The predicted octanol–water partition coefficient (Wildman–Crippen LogP) is 1.92. The molecule has 1 aromatic rings. The van der Waals surface area contributed by atoms with Gasteiger partial charge >= 0.3 is 18.5 Å². The van der Waals surface area contributed by atoms with Crippen molar-refractivity contribution in [2.45, 2.75) is 19.0 Å². The molecule has 1 heterocycles. The van der Waals surface area contributed by atoms with E-state index < -0.39 is 47.5 Å². The summed E-state index contributed by atoms with van der Waals surface area (Å²) in [6, 6.07) is -0.146. The van der Waals surface area contributed by atoms with Gasteiger partial charge in [0.15, 0.2) is 5.75 Å². The van der Waals surface area contributed by atoms with Crippen molar-refractivity contribution < 1.29 is 41.0 Å². The summed E-state index contributed by atoms with van der Waals surface area (Å²) >= 11 is 0. The van der Waals surface area contributed by atoms with Crippen molar-refractivity contribution >= 4 is 5.97 Å². The highest BCUT2D eigenvalue weighted by atomic mass is 19.4. The van der Waals surface area contributed by atoms with E-state index in [1.54, 1.807) is 4.98 Å². The van der Waals surface area contributed by atoms with E-state index in [0.717, 1.165) is 0 Å². The third kappa shape index (κ3) is 4.17. The van der Waals surface area contributed by atoms with Crippen LogP contribution in [0.2, 0.25) is 0 Å². The first-order chi connectivity index (χ1) is 8.90. The Morgan fingerprint density at radius 3 is 2.20 bits per heavy atom. The topological polar surface area (TPSA) is 79.4 Å². The summed E-state index contributed by atoms with van der Waals surface area (Å²) < 4.78 is 77.2. The molecule has 20 heavy (non-hydrogen) atoms. The number of hydrogen-bond donors (Lipinski definition) is 2. The Bertz CT molecular complexity index is 573. The van der Waals surface area contributed by atoms with Crippen LogP contribution < -0.4 is 10.3 Å². The number of aliphatic carboxylic acids is 1. The first kappa shape index (κ1) is 15.9.